The first-order chi connectivity index (χ1) is 13.5. The summed E-state index contributed by atoms with van der Waals surface area (Å²) in [6.45, 7) is 4.50. The van der Waals surface area contributed by atoms with Crippen LogP contribution in [0.3, 0.4) is 0 Å². The third-order valence-corrected chi connectivity index (χ3v) is 5.71. The van der Waals surface area contributed by atoms with Crippen LogP contribution >= 0.6 is 0 Å². The van der Waals surface area contributed by atoms with E-state index in [1.807, 2.05) is 11.9 Å². The third-order valence-electron chi connectivity index (χ3n) is 5.71. The van der Waals surface area contributed by atoms with Gasteiger partial charge in [-0.25, -0.2) is 4.39 Å². The molecule has 2 fully saturated rings. The SMILES string of the molecule is CN1CCC(N(C)/C=C(/C#N)C(=O)N2CCN(c3ccc(F)cc3)CC2)CC1. The van der Waals surface area contributed by atoms with Gasteiger partial charge in [-0.05, 0) is 57.2 Å². The van der Waals surface area contributed by atoms with Crippen molar-refractivity contribution in [3.63, 3.8) is 0 Å². The Morgan fingerprint density at radius 1 is 1.14 bits per heavy atom. The Kier molecular flexibility index (Phi) is 6.53. The molecule has 1 amide bonds. The number of nitriles is 1. The van der Waals surface area contributed by atoms with E-state index >= 15 is 0 Å². The van der Waals surface area contributed by atoms with Gasteiger partial charge in [-0.2, -0.15) is 5.26 Å². The number of anilines is 1. The van der Waals surface area contributed by atoms with E-state index in [4.69, 9.17) is 0 Å². The molecule has 150 valence electrons. The van der Waals surface area contributed by atoms with Gasteiger partial charge in [-0.15, -0.1) is 0 Å². The standard InChI is InChI=1S/C21H28FN5O/c1-24-9-7-19(8-10-24)25(2)16-17(15-23)21(28)27-13-11-26(12-14-27)20-5-3-18(22)4-6-20/h3-6,16,19H,7-14H2,1-2H3/b17-16-. The largest absolute Gasteiger partial charge is 0.376 e. The van der Waals surface area contributed by atoms with Crippen molar-refractivity contribution in [3.8, 4) is 6.07 Å². The zero-order valence-electron chi connectivity index (χ0n) is 16.6. The fourth-order valence-electron chi connectivity index (χ4n) is 3.83. The molecule has 28 heavy (non-hydrogen) atoms. The minimum Gasteiger partial charge on any atom is -0.376 e. The van der Waals surface area contributed by atoms with Crippen LogP contribution < -0.4 is 4.90 Å². The lowest BCUT2D eigenvalue weighted by Gasteiger charge is -2.37. The Labute approximate surface area is 166 Å². The maximum absolute atomic E-state index is 13.1. The van der Waals surface area contributed by atoms with E-state index in [1.54, 1.807) is 23.2 Å². The van der Waals surface area contributed by atoms with Crippen LogP contribution in [0.1, 0.15) is 12.8 Å². The third kappa shape index (κ3) is 4.82. The lowest BCUT2D eigenvalue weighted by molar-refractivity contribution is -0.127. The second-order valence-corrected chi connectivity index (χ2v) is 7.61. The highest BCUT2D eigenvalue weighted by molar-refractivity contribution is 5.97. The summed E-state index contributed by atoms with van der Waals surface area (Å²) in [7, 11) is 4.06. The summed E-state index contributed by atoms with van der Waals surface area (Å²) in [4.78, 5) is 21.0. The van der Waals surface area contributed by atoms with E-state index in [0.29, 0.717) is 32.2 Å². The van der Waals surface area contributed by atoms with Crippen molar-refractivity contribution in [1.29, 1.82) is 5.26 Å². The Morgan fingerprint density at radius 2 is 1.75 bits per heavy atom. The molecule has 0 radical (unpaired) electrons. The van der Waals surface area contributed by atoms with Crippen molar-refractivity contribution in [2.45, 2.75) is 18.9 Å². The van der Waals surface area contributed by atoms with E-state index in [-0.39, 0.29) is 17.3 Å². The van der Waals surface area contributed by atoms with Crippen LogP contribution in [-0.2, 0) is 4.79 Å². The fraction of sp³-hybridized carbons (Fsp3) is 0.524. The number of carbonyl (C=O) groups excluding carboxylic acids is 1. The van der Waals surface area contributed by atoms with Gasteiger partial charge in [0.15, 0.2) is 0 Å². The van der Waals surface area contributed by atoms with Crippen LogP contribution in [-0.4, -0.2) is 80.0 Å². The molecular weight excluding hydrogens is 357 g/mol. The van der Waals surface area contributed by atoms with Gasteiger partial charge in [0.05, 0.1) is 0 Å². The average molecular weight is 385 g/mol. The van der Waals surface area contributed by atoms with E-state index in [0.717, 1.165) is 31.6 Å². The molecule has 0 spiro atoms. The Morgan fingerprint density at radius 3 is 2.32 bits per heavy atom. The minimum absolute atomic E-state index is 0.191. The van der Waals surface area contributed by atoms with Crippen LogP contribution in [0.5, 0.6) is 0 Å². The van der Waals surface area contributed by atoms with Crippen LogP contribution in [0.2, 0.25) is 0 Å². The maximum atomic E-state index is 13.1. The summed E-state index contributed by atoms with van der Waals surface area (Å²) in [5.74, 6) is -0.462. The van der Waals surface area contributed by atoms with Crippen LogP contribution in [0.15, 0.2) is 36.0 Å². The van der Waals surface area contributed by atoms with E-state index in [2.05, 4.69) is 22.9 Å². The normalized spacial score (nSPS) is 19.4. The van der Waals surface area contributed by atoms with Gasteiger partial charge in [0.25, 0.3) is 5.91 Å². The second-order valence-electron chi connectivity index (χ2n) is 7.61. The highest BCUT2D eigenvalue weighted by Crippen LogP contribution is 2.19. The highest BCUT2D eigenvalue weighted by Gasteiger charge is 2.25. The molecule has 0 unspecified atom stereocenters. The molecule has 0 aromatic heterocycles. The Bertz CT molecular complexity index is 741. The predicted octanol–water partition coefficient (Wildman–Crippen LogP) is 1.91. The highest BCUT2D eigenvalue weighted by atomic mass is 19.1. The molecule has 0 aliphatic carbocycles. The Hall–Kier alpha value is -2.59. The molecule has 1 aromatic rings. The monoisotopic (exact) mass is 385 g/mol. The van der Waals surface area contributed by atoms with Crippen molar-refractivity contribution < 1.29 is 9.18 Å². The molecule has 0 atom stereocenters. The van der Waals surface area contributed by atoms with Crippen molar-refractivity contribution in [2.75, 3.05) is 58.3 Å². The number of rotatable bonds is 4. The number of amides is 1. The molecule has 2 aliphatic heterocycles. The number of likely N-dealkylation sites (tertiary alicyclic amines) is 1. The number of halogens is 1. The number of benzene rings is 1. The molecule has 2 aliphatic rings. The van der Waals surface area contributed by atoms with E-state index in [9.17, 15) is 14.4 Å². The lowest BCUT2D eigenvalue weighted by atomic mass is 10.0. The molecule has 1 aromatic carbocycles. The summed E-state index contributed by atoms with van der Waals surface area (Å²) in [6, 6.07) is 8.85. The van der Waals surface area contributed by atoms with E-state index < -0.39 is 0 Å². The smallest absolute Gasteiger partial charge is 0.266 e. The Balaban J connectivity index is 1.58. The van der Waals surface area contributed by atoms with Gasteiger partial charge in [0.2, 0.25) is 0 Å². The molecule has 0 N–H and O–H groups in total. The molecule has 7 heteroatoms. The van der Waals surface area contributed by atoms with Crippen molar-refractivity contribution >= 4 is 11.6 Å². The number of piperazine rings is 1. The fourth-order valence-corrected chi connectivity index (χ4v) is 3.83. The van der Waals surface area contributed by atoms with Gasteiger partial charge in [-0.3, -0.25) is 4.79 Å². The quantitative estimate of drug-likeness (QED) is 0.585. The molecular formula is C21H28FN5O. The number of piperidine rings is 1. The predicted molar refractivity (Wildman–Crippen MR) is 107 cm³/mol. The molecule has 6 nitrogen and oxygen atoms in total. The average Bonchev–Trinajstić information content (AvgIpc) is 2.72. The van der Waals surface area contributed by atoms with Crippen molar-refractivity contribution in [3.05, 3.63) is 41.9 Å². The first-order valence-corrected chi connectivity index (χ1v) is 9.80. The zero-order chi connectivity index (χ0) is 20.1. The molecule has 2 saturated heterocycles. The van der Waals surface area contributed by atoms with Crippen molar-refractivity contribution in [2.24, 2.45) is 0 Å². The minimum atomic E-state index is -0.255. The topological polar surface area (TPSA) is 53.8 Å². The van der Waals surface area contributed by atoms with Gasteiger partial charge in [0.1, 0.15) is 17.5 Å². The summed E-state index contributed by atoms with van der Waals surface area (Å²) >= 11 is 0. The summed E-state index contributed by atoms with van der Waals surface area (Å²) in [5.41, 5.74) is 1.14. The summed E-state index contributed by atoms with van der Waals surface area (Å²) in [5, 5.41) is 9.53. The lowest BCUT2D eigenvalue weighted by Crippen LogP contribution is -2.49. The maximum Gasteiger partial charge on any atom is 0.266 e. The van der Waals surface area contributed by atoms with Crippen LogP contribution in [0.4, 0.5) is 10.1 Å². The first kappa shape index (κ1) is 20.2. The second kappa shape index (κ2) is 9.07. The first-order valence-electron chi connectivity index (χ1n) is 9.80. The number of nitrogens with zero attached hydrogens (tertiary/aromatic N) is 5. The van der Waals surface area contributed by atoms with Gasteiger partial charge >= 0.3 is 0 Å². The van der Waals surface area contributed by atoms with Gasteiger partial charge in [0, 0.05) is 51.2 Å². The van der Waals surface area contributed by atoms with E-state index in [1.165, 1.54) is 12.1 Å². The van der Waals surface area contributed by atoms with Gasteiger partial charge in [-0.1, -0.05) is 0 Å². The van der Waals surface area contributed by atoms with Crippen LogP contribution in [0, 0.1) is 17.1 Å². The number of carbonyl (C=O) groups is 1. The van der Waals surface area contributed by atoms with Gasteiger partial charge < -0.3 is 19.6 Å². The molecule has 0 bridgehead atoms. The summed E-state index contributed by atoms with van der Waals surface area (Å²) < 4.78 is 13.1. The molecule has 2 heterocycles. The summed E-state index contributed by atoms with van der Waals surface area (Å²) in [6.07, 6.45) is 3.78. The number of hydrogen-bond acceptors (Lipinski definition) is 5. The molecule has 0 saturated carbocycles. The molecule has 3 rings (SSSR count). The van der Waals surface area contributed by atoms with Crippen LogP contribution in [0.25, 0.3) is 0 Å². The number of hydrogen-bond donors (Lipinski definition) is 0. The van der Waals surface area contributed by atoms with Crippen molar-refractivity contribution in [1.82, 2.24) is 14.7 Å². The zero-order valence-corrected chi connectivity index (χ0v) is 16.6.